The highest BCUT2D eigenvalue weighted by Gasteiger charge is 2.32. The quantitative estimate of drug-likeness (QED) is 0.736. The summed E-state index contributed by atoms with van der Waals surface area (Å²) in [5.74, 6) is 0.613. The standard InChI is InChI=1S/C11H10F3N3O/c12-11(13,14)6-3-7(15)10-8(4-6)16-9-5-18-2-1-17(9)10/h3-4H,1-2,5,15H2. The molecule has 2 heterocycles. The summed E-state index contributed by atoms with van der Waals surface area (Å²) in [5, 5.41) is 0. The number of alkyl halides is 3. The molecule has 1 aliphatic rings. The first-order chi connectivity index (χ1) is 8.47. The van der Waals surface area contributed by atoms with Gasteiger partial charge in [-0.15, -0.1) is 0 Å². The average molecular weight is 257 g/mol. The van der Waals surface area contributed by atoms with Crippen molar-refractivity contribution in [3.63, 3.8) is 0 Å². The van der Waals surface area contributed by atoms with Gasteiger partial charge in [0, 0.05) is 6.54 Å². The molecule has 1 aliphatic heterocycles. The van der Waals surface area contributed by atoms with Gasteiger partial charge in [-0.2, -0.15) is 13.2 Å². The van der Waals surface area contributed by atoms with Crippen LogP contribution in [-0.4, -0.2) is 16.2 Å². The Morgan fingerprint density at radius 2 is 2.11 bits per heavy atom. The summed E-state index contributed by atoms with van der Waals surface area (Å²) in [4.78, 5) is 4.15. The van der Waals surface area contributed by atoms with E-state index in [0.29, 0.717) is 31.1 Å². The van der Waals surface area contributed by atoms with Crippen LogP contribution in [0.15, 0.2) is 12.1 Å². The predicted octanol–water partition coefficient (Wildman–Crippen LogP) is 2.17. The van der Waals surface area contributed by atoms with Crippen LogP contribution in [-0.2, 0) is 24.1 Å². The Morgan fingerprint density at radius 1 is 1.33 bits per heavy atom. The van der Waals surface area contributed by atoms with Gasteiger partial charge in [0.1, 0.15) is 12.4 Å². The third-order valence-electron chi connectivity index (χ3n) is 2.97. The van der Waals surface area contributed by atoms with Crippen molar-refractivity contribution in [2.45, 2.75) is 19.3 Å². The lowest BCUT2D eigenvalue weighted by Gasteiger charge is -2.15. The molecule has 96 valence electrons. The van der Waals surface area contributed by atoms with E-state index in [1.807, 2.05) is 4.57 Å². The van der Waals surface area contributed by atoms with Gasteiger partial charge < -0.3 is 15.0 Å². The van der Waals surface area contributed by atoms with E-state index in [1.165, 1.54) is 0 Å². The van der Waals surface area contributed by atoms with Gasteiger partial charge in [-0.1, -0.05) is 0 Å². The summed E-state index contributed by atoms with van der Waals surface area (Å²) in [6, 6.07) is 1.98. The van der Waals surface area contributed by atoms with Gasteiger partial charge in [0.25, 0.3) is 0 Å². The number of benzene rings is 1. The average Bonchev–Trinajstić information content (AvgIpc) is 2.66. The van der Waals surface area contributed by atoms with Crippen molar-refractivity contribution >= 4 is 16.7 Å². The van der Waals surface area contributed by atoms with E-state index >= 15 is 0 Å². The van der Waals surface area contributed by atoms with Crippen molar-refractivity contribution in [2.75, 3.05) is 12.3 Å². The van der Waals surface area contributed by atoms with Crippen LogP contribution in [0.4, 0.5) is 18.9 Å². The molecule has 3 rings (SSSR count). The highest BCUT2D eigenvalue weighted by molar-refractivity contribution is 5.89. The van der Waals surface area contributed by atoms with E-state index in [0.717, 1.165) is 12.1 Å². The predicted molar refractivity (Wildman–Crippen MR) is 58.8 cm³/mol. The first kappa shape index (κ1) is 11.3. The Hall–Kier alpha value is -1.76. The maximum Gasteiger partial charge on any atom is 0.416 e. The molecule has 7 heteroatoms. The largest absolute Gasteiger partial charge is 0.416 e. The molecule has 1 aromatic heterocycles. The van der Waals surface area contributed by atoms with Crippen LogP contribution in [0.25, 0.3) is 11.0 Å². The minimum atomic E-state index is -4.41. The molecule has 0 unspecified atom stereocenters. The second kappa shape index (κ2) is 3.61. The van der Waals surface area contributed by atoms with Gasteiger partial charge in [0.15, 0.2) is 0 Å². The number of ether oxygens (including phenoxy) is 1. The Kier molecular flexibility index (Phi) is 2.28. The lowest BCUT2D eigenvalue weighted by molar-refractivity contribution is -0.137. The fraction of sp³-hybridized carbons (Fsp3) is 0.364. The molecule has 0 atom stereocenters. The highest BCUT2D eigenvalue weighted by atomic mass is 19.4. The third-order valence-corrected chi connectivity index (χ3v) is 2.97. The molecule has 4 nitrogen and oxygen atoms in total. The van der Waals surface area contributed by atoms with Crippen molar-refractivity contribution in [1.82, 2.24) is 9.55 Å². The van der Waals surface area contributed by atoms with Crippen molar-refractivity contribution in [2.24, 2.45) is 0 Å². The van der Waals surface area contributed by atoms with E-state index in [1.54, 1.807) is 0 Å². The lowest BCUT2D eigenvalue weighted by atomic mass is 10.1. The topological polar surface area (TPSA) is 53.1 Å². The summed E-state index contributed by atoms with van der Waals surface area (Å²) >= 11 is 0. The molecule has 0 spiro atoms. The third kappa shape index (κ3) is 1.62. The summed E-state index contributed by atoms with van der Waals surface area (Å²) in [6.45, 7) is 1.37. The zero-order chi connectivity index (χ0) is 12.9. The van der Waals surface area contributed by atoms with E-state index in [-0.39, 0.29) is 11.2 Å². The number of anilines is 1. The molecule has 0 bridgehead atoms. The van der Waals surface area contributed by atoms with Crippen LogP contribution in [0.1, 0.15) is 11.4 Å². The number of nitrogen functional groups attached to an aromatic ring is 1. The Balaban J connectivity index is 2.27. The second-order valence-electron chi connectivity index (χ2n) is 4.16. The fourth-order valence-corrected chi connectivity index (χ4v) is 2.18. The zero-order valence-corrected chi connectivity index (χ0v) is 9.29. The molecule has 0 fully saturated rings. The molecule has 0 radical (unpaired) electrons. The minimum Gasteiger partial charge on any atom is -0.397 e. The number of hydrogen-bond acceptors (Lipinski definition) is 3. The van der Waals surface area contributed by atoms with Crippen LogP contribution >= 0.6 is 0 Å². The molecule has 0 amide bonds. The Labute approximate surface area is 100 Å². The van der Waals surface area contributed by atoms with Gasteiger partial charge >= 0.3 is 6.18 Å². The highest BCUT2D eigenvalue weighted by Crippen LogP contribution is 2.35. The number of aromatic nitrogens is 2. The fourth-order valence-electron chi connectivity index (χ4n) is 2.18. The summed E-state index contributed by atoms with van der Waals surface area (Å²) in [5.41, 5.74) is 5.87. The molecule has 18 heavy (non-hydrogen) atoms. The monoisotopic (exact) mass is 257 g/mol. The number of halogens is 3. The molecule has 0 aliphatic carbocycles. The molecule has 0 saturated carbocycles. The smallest absolute Gasteiger partial charge is 0.397 e. The summed E-state index contributed by atoms with van der Waals surface area (Å²) < 4.78 is 45.0. The SMILES string of the molecule is Nc1cc(C(F)(F)F)cc2nc3n(c12)CCOC3. The van der Waals surface area contributed by atoms with Crippen LogP contribution in [0, 0.1) is 0 Å². The first-order valence-corrected chi connectivity index (χ1v) is 5.40. The molecular formula is C11H10F3N3O. The van der Waals surface area contributed by atoms with E-state index in [2.05, 4.69) is 4.98 Å². The number of fused-ring (bicyclic) bond motifs is 3. The van der Waals surface area contributed by atoms with Gasteiger partial charge in [0.05, 0.1) is 28.9 Å². The van der Waals surface area contributed by atoms with Crippen molar-refractivity contribution in [1.29, 1.82) is 0 Å². The van der Waals surface area contributed by atoms with Crippen LogP contribution in [0.5, 0.6) is 0 Å². The lowest BCUT2D eigenvalue weighted by Crippen LogP contribution is -2.17. The molecule has 0 saturated heterocycles. The van der Waals surface area contributed by atoms with Crippen molar-refractivity contribution < 1.29 is 17.9 Å². The molecule has 1 aromatic carbocycles. The number of rotatable bonds is 0. The molecule has 2 aromatic rings. The van der Waals surface area contributed by atoms with Crippen LogP contribution in [0.2, 0.25) is 0 Å². The van der Waals surface area contributed by atoms with Crippen molar-refractivity contribution in [3.05, 3.63) is 23.5 Å². The van der Waals surface area contributed by atoms with E-state index in [9.17, 15) is 13.2 Å². The van der Waals surface area contributed by atoms with Gasteiger partial charge in [-0.05, 0) is 12.1 Å². The maximum atomic E-state index is 12.7. The Morgan fingerprint density at radius 3 is 2.83 bits per heavy atom. The van der Waals surface area contributed by atoms with Gasteiger partial charge in [0.2, 0.25) is 0 Å². The summed E-state index contributed by atoms with van der Waals surface area (Å²) in [7, 11) is 0. The van der Waals surface area contributed by atoms with Crippen LogP contribution < -0.4 is 5.73 Å². The minimum absolute atomic E-state index is 0.0977. The second-order valence-corrected chi connectivity index (χ2v) is 4.16. The van der Waals surface area contributed by atoms with E-state index in [4.69, 9.17) is 10.5 Å². The zero-order valence-electron chi connectivity index (χ0n) is 9.29. The Bertz CT molecular complexity index is 618. The number of nitrogens with zero attached hydrogens (tertiary/aromatic N) is 2. The van der Waals surface area contributed by atoms with Gasteiger partial charge in [-0.3, -0.25) is 0 Å². The number of imidazole rings is 1. The number of hydrogen-bond donors (Lipinski definition) is 1. The maximum absolute atomic E-state index is 12.7. The summed E-state index contributed by atoms with van der Waals surface area (Å²) in [6.07, 6.45) is -4.41. The normalized spacial score (nSPS) is 15.9. The number of nitrogens with two attached hydrogens (primary N) is 1. The van der Waals surface area contributed by atoms with Crippen molar-refractivity contribution in [3.8, 4) is 0 Å². The van der Waals surface area contributed by atoms with E-state index < -0.39 is 11.7 Å². The molecule has 2 N–H and O–H groups in total. The first-order valence-electron chi connectivity index (χ1n) is 5.40. The van der Waals surface area contributed by atoms with Gasteiger partial charge in [-0.25, -0.2) is 4.98 Å². The molecular weight excluding hydrogens is 247 g/mol. The van der Waals surface area contributed by atoms with Crippen LogP contribution in [0.3, 0.4) is 0 Å².